The molecule has 33 heavy (non-hydrogen) atoms. The number of hydrogen-bond acceptors (Lipinski definition) is 5. The minimum Gasteiger partial charge on any atom is -0.449 e. The van der Waals surface area contributed by atoms with Gasteiger partial charge in [0.1, 0.15) is 13.2 Å². The predicted octanol–water partition coefficient (Wildman–Crippen LogP) is 3.83. The van der Waals surface area contributed by atoms with E-state index in [1.165, 1.54) is 0 Å². The number of carbonyl (C=O) groups excluding carboxylic acids is 2. The molecule has 0 aromatic heterocycles. The minimum atomic E-state index is -0.759. The second kappa shape index (κ2) is 10.7. The molecule has 0 spiro atoms. The van der Waals surface area contributed by atoms with Gasteiger partial charge in [-0.1, -0.05) is 78.9 Å². The Bertz CT molecular complexity index is 1060. The van der Waals surface area contributed by atoms with Gasteiger partial charge < -0.3 is 19.9 Å². The minimum absolute atomic E-state index is 0.0617. The Balaban J connectivity index is 1.25. The fourth-order valence-electron chi connectivity index (χ4n) is 3.91. The Kier molecular flexibility index (Phi) is 7.22. The summed E-state index contributed by atoms with van der Waals surface area (Å²) in [6, 6.07) is 24.6. The molecule has 169 valence electrons. The van der Waals surface area contributed by atoms with Gasteiger partial charge in [-0.2, -0.15) is 0 Å². The van der Waals surface area contributed by atoms with Gasteiger partial charge in [0, 0.05) is 5.92 Å². The number of fused-ring (bicyclic) bond motifs is 3. The average Bonchev–Trinajstić information content (AvgIpc) is 3.18. The van der Waals surface area contributed by atoms with Crippen molar-refractivity contribution in [2.75, 3.05) is 19.8 Å². The Morgan fingerprint density at radius 2 is 1.48 bits per heavy atom. The van der Waals surface area contributed by atoms with Gasteiger partial charge in [-0.05, 0) is 27.8 Å². The number of aliphatic hydroxyl groups excluding tert-OH is 1. The first-order valence-electron chi connectivity index (χ1n) is 10.8. The van der Waals surface area contributed by atoms with Crippen LogP contribution in [0.3, 0.4) is 0 Å². The predicted molar refractivity (Wildman–Crippen MR) is 123 cm³/mol. The van der Waals surface area contributed by atoms with Crippen LogP contribution < -0.4 is 10.6 Å². The van der Waals surface area contributed by atoms with E-state index in [9.17, 15) is 14.7 Å². The molecule has 1 aliphatic rings. The summed E-state index contributed by atoms with van der Waals surface area (Å²) in [6.45, 7) is -0.241. The van der Waals surface area contributed by atoms with Crippen molar-refractivity contribution >= 4 is 12.2 Å². The normalized spacial score (nSPS) is 12.9. The Hall–Kier alpha value is -3.84. The van der Waals surface area contributed by atoms with Gasteiger partial charge in [0.25, 0.3) is 0 Å². The summed E-state index contributed by atoms with van der Waals surface area (Å²) in [5.41, 5.74) is 5.35. The molecule has 0 aliphatic heterocycles. The van der Waals surface area contributed by atoms with E-state index >= 15 is 0 Å². The molecule has 7 nitrogen and oxygen atoms in total. The van der Waals surface area contributed by atoms with E-state index < -0.39 is 18.2 Å². The Morgan fingerprint density at radius 1 is 0.879 bits per heavy atom. The van der Waals surface area contributed by atoms with E-state index in [0.29, 0.717) is 0 Å². The zero-order valence-corrected chi connectivity index (χ0v) is 18.0. The van der Waals surface area contributed by atoms with Crippen molar-refractivity contribution in [1.29, 1.82) is 0 Å². The molecule has 1 aliphatic carbocycles. The van der Waals surface area contributed by atoms with E-state index in [-0.39, 0.29) is 32.3 Å². The van der Waals surface area contributed by atoms with Gasteiger partial charge in [-0.25, -0.2) is 14.9 Å². The van der Waals surface area contributed by atoms with Crippen molar-refractivity contribution in [3.05, 3.63) is 95.6 Å². The van der Waals surface area contributed by atoms with E-state index in [2.05, 4.69) is 22.8 Å². The lowest BCUT2D eigenvalue weighted by molar-refractivity contribution is 0.125. The fourth-order valence-corrected chi connectivity index (χ4v) is 3.91. The van der Waals surface area contributed by atoms with Crippen molar-refractivity contribution in [2.24, 2.45) is 0 Å². The lowest BCUT2D eigenvalue weighted by Crippen LogP contribution is -2.44. The second-order valence-corrected chi connectivity index (χ2v) is 7.73. The van der Waals surface area contributed by atoms with Crippen LogP contribution in [0.4, 0.5) is 9.59 Å². The van der Waals surface area contributed by atoms with Crippen LogP contribution in [-0.2, 0) is 16.1 Å². The maximum atomic E-state index is 12.3. The molecule has 0 fully saturated rings. The highest BCUT2D eigenvalue weighted by Gasteiger charge is 2.29. The van der Waals surface area contributed by atoms with Crippen LogP contribution in [0.25, 0.3) is 11.1 Å². The number of nitrogens with zero attached hydrogens (tertiary/aromatic N) is 1. The molecule has 3 aromatic carbocycles. The van der Waals surface area contributed by atoms with E-state index in [4.69, 9.17) is 9.47 Å². The summed E-state index contributed by atoms with van der Waals surface area (Å²) in [4.78, 5) is 24.2. The van der Waals surface area contributed by atoms with E-state index in [1.54, 1.807) is 0 Å². The third-order valence-corrected chi connectivity index (χ3v) is 5.53. The van der Waals surface area contributed by atoms with Crippen LogP contribution in [0.1, 0.15) is 22.6 Å². The van der Waals surface area contributed by atoms with Gasteiger partial charge in [0.15, 0.2) is 0 Å². The summed E-state index contributed by atoms with van der Waals surface area (Å²) >= 11 is 0. The maximum absolute atomic E-state index is 12.3. The van der Waals surface area contributed by atoms with Gasteiger partial charge in [0.2, 0.25) is 0 Å². The number of alkyl carbamates (subject to hydrolysis) is 1. The van der Waals surface area contributed by atoms with Crippen LogP contribution in [0.15, 0.2) is 78.9 Å². The lowest BCUT2D eigenvalue weighted by Gasteiger charge is -2.18. The van der Waals surface area contributed by atoms with Gasteiger partial charge in [-0.3, -0.25) is 0 Å². The standard InChI is InChI=1S/C26H25N2O5/c29-15-19(14-27-25(30)32-16-18-8-2-1-3-9-18)28-26(31)33-17-24-22-12-6-4-10-20(22)21-11-5-7-13-23(21)24/h1-13,19,24,29H,14-17H2,(H,28,31). The number of benzene rings is 3. The lowest BCUT2D eigenvalue weighted by atomic mass is 9.98. The van der Waals surface area contributed by atoms with Crippen LogP contribution in [0, 0.1) is 0 Å². The molecular formula is C26H25N2O5. The van der Waals surface area contributed by atoms with Crippen molar-refractivity contribution in [1.82, 2.24) is 10.6 Å². The molecule has 1 radical (unpaired) electrons. The maximum Gasteiger partial charge on any atom is 0.429 e. The number of hydrogen-bond donors (Lipinski definition) is 2. The number of nitrogens with one attached hydrogen (secondary N) is 1. The van der Waals surface area contributed by atoms with Crippen LogP contribution in [0.5, 0.6) is 0 Å². The molecule has 2 amide bonds. The number of amides is 2. The largest absolute Gasteiger partial charge is 0.449 e. The zero-order valence-electron chi connectivity index (χ0n) is 18.0. The van der Waals surface area contributed by atoms with Crippen molar-refractivity contribution in [3.63, 3.8) is 0 Å². The number of aliphatic hydroxyl groups is 1. The van der Waals surface area contributed by atoms with Gasteiger partial charge >= 0.3 is 12.2 Å². The summed E-state index contributed by atoms with van der Waals surface area (Å²) in [5, 5.41) is 15.9. The molecule has 0 saturated carbocycles. The van der Waals surface area contributed by atoms with Crippen molar-refractivity contribution in [3.8, 4) is 11.1 Å². The molecule has 2 N–H and O–H groups in total. The molecular weight excluding hydrogens is 420 g/mol. The van der Waals surface area contributed by atoms with E-state index in [1.807, 2.05) is 66.7 Å². The quantitative estimate of drug-likeness (QED) is 0.549. The molecule has 0 saturated heterocycles. The number of carbonyl (C=O) groups is 2. The third-order valence-electron chi connectivity index (χ3n) is 5.53. The second-order valence-electron chi connectivity index (χ2n) is 7.73. The first-order valence-corrected chi connectivity index (χ1v) is 10.8. The molecule has 3 aromatic rings. The highest BCUT2D eigenvalue weighted by molar-refractivity contribution is 5.79. The molecule has 0 bridgehead atoms. The highest BCUT2D eigenvalue weighted by atomic mass is 16.6. The van der Waals surface area contributed by atoms with E-state index in [0.717, 1.165) is 27.8 Å². The monoisotopic (exact) mass is 445 g/mol. The smallest absolute Gasteiger partial charge is 0.429 e. The topological polar surface area (TPSA) is 99.0 Å². The van der Waals surface area contributed by atoms with Crippen LogP contribution >= 0.6 is 0 Å². The number of ether oxygens (including phenoxy) is 2. The molecule has 7 heteroatoms. The first kappa shape index (κ1) is 22.4. The Morgan fingerprint density at radius 3 is 2.12 bits per heavy atom. The summed E-state index contributed by atoms with van der Waals surface area (Å²) < 4.78 is 10.5. The molecule has 1 unspecified atom stereocenters. The van der Waals surface area contributed by atoms with Crippen LogP contribution in [-0.4, -0.2) is 43.1 Å². The third kappa shape index (κ3) is 5.51. The van der Waals surface area contributed by atoms with Crippen molar-refractivity contribution in [2.45, 2.75) is 18.6 Å². The average molecular weight is 445 g/mol. The van der Waals surface area contributed by atoms with Crippen molar-refractivity contribution < 1.29 is 24.2 Å². The summed E-state index contributed by atoms with van der Waals surface area (Å²) in [7, 11) is 0. The number of rotatable bonds is 8. The first-order chi connectivity index (χ1) is 16.2. The molecule has 1 atom stereocenters. The Labute approximate surface area is 192 Å². The van der Waals surface area contributed by atoms with Crippen LogP contribution in [0.2, 0.25) is 0 Å². The zero-order chi connectivity index (χ0) is 23.0. The molecule has 0 heterocycles. The molecule has 4 rings (SSSR count). The SMILES string of the molecule is O=C([N]CC(CO)NC(=O)OCC1c2ccccc2-c2ccccc21)OCc1ccccc1. The summed E-state index contributed by atoms with van der Waals surface area (Å²) in [5.74, 6) is -0.0617. The summed E-state index contributed by atoms with van der Waals surface area (Å²) in [6.07, 6.45) is -1.43. The fraction of sp³-hybridized carbons (Fsp3) is 0.231. The van der Waals surface area contributed by atoms with Gasteiger partial charge in [-0.15, -0.1) is 0 Å². The van der Waals surface area contributed by atoms with Gasteiger partial charge in [0.05, 0.1) is 19.2 Å². The highest BCUT2D eigenvalue weighted by Crippen LogP contribution is 2.44.